The van der Waals surface area contributed by atoms with E-state index >= 15 is 0 Å². The van der Waals surface area contributed by atoms with Crippen molar-refractivity contribution < 1.29 is 23.3 Å². The molecule has 43 heavy (non-hydrogen) atoms. The molecule has 6 nitrogen and oxygen atoms in total. The lowest BCUT2D eigenvalue weighted by Crippen LogP contribution is -2.20. The summed E-state index contributed by atoms with van der Waals surface area (Å²) in [6, 6.07) is 17.6. The molecule has 3 rings (SSSR count). The normalized spacial score (nSPS) is 10.4. The van der Waals surface area contributed by atoms with Gasteiger partial charge in [-0.2, -0.15) is 0 Å². The second-order valence-corrected chi connectivity index (χ2v) is 10.2. The lowest BCUT2D eigenvalue weighted by molar-refractivity contribution is 0.351. The van der Waals surface area contributed by atoms with Crippen LogP contribution in [0.5, 0.6) is 23.0 Å². The number of aryl methyl sites for hydroxylation is 1. The Hall–Kier alpha value is -2.71. The van der Waals surface area contributed by atoms with Crippen LogP contribution in [0.4, 0.5) is 4.39 Å². The van der Waals surface area contributed by atoms with E-state index in [2.05, 4.69) is 28.8 Å². The fourth-order valence-corrected chi connectivity index (χ4v) is 5.06. The van der Waals surface area contributed by atoms with Crippen LogP contribution in [0.25, 0.3) is 0 Å². The van der Waals surface area contributed by atoms with Gasteiger partial charge >= 0.3 is 0 Å². The molecule has 0 spiro atoms. The molecule has 0 bridgehead atoms. The number of hydrogen-bond donors (Lipinski definition) is 2. The Bertz CT molecular complexity index is 1200. The molecule has 0 atom stereocenters. The van der Waals surface area contributed by atoms with Gasteiger partial charge in [-0.25, -0.2) is 4.39 Å². The Kier molecular flexibility index (Phi) is 19.5. The molecule has 0 saturated carbocycles. The van der Waals surface area contributed by atoms with Crippen LogP contribution in [0.1, 0.15) is 47.9 Å². The molecule has 3 aromatic carbocycles. The van der Waals surface area contributed by atoms with Crippen molar-refractivity contribution in [1.82, 2.24) is 10.6 Å². The summed E-state index contributed by atoms with van der Waals surface area (Å²) in [5.41, 5.74) is 4.72. The van der Waals surface area contributed by atoms with Crippen LogP contribution < -0.4 is 29.6 Å². The molecular weight excluding hydrogens is 590 g/mol. The zero-order valence-corrected chi connectivity index (χ0v) is 27.6. The standard InChI is InChI=1S/C34H47FN2O4.2ClH/c1-38-29-11-9-10-26(24-29)12-15-30-28(14-17-33(40-3)34(30)41-4)19-23-37-21-8-6-5-7-20-36-22-18-27-13-16-32(39-2)31(35)25-27;;/h9-11,13-14,16-17,24-25,36-37H,5-8,12,15,18-23H2,1-4H3;2*1H. The Balaban J connectivity index is 0.00000462. The molecule has 0 unspecified atom stereocenters. The molecule has 0 saturated heterocycles. The molecule has 0 heterocycles. The first kappa shape index (κ1) is 38.3. The summed E-state index contributed by atoms with van der Waals surface area (Å²) in [6.45, 7) is 3.78. The van der Waals surface area contributed by atoms with E-state index in [9.17, 15) is 4.39 Å². The Morgan fingerprint density at radius 1 is 0.581 bits per heavy atom. The van der Waals surface area contributed by atoms with E-state index in [1.54, 1.807) is 33.5 Å². The maximum atomic E-state index is 13.8. The number of benzene rings is 3. The molecule has 2 N–H and O–H groups in total. The van der Waals surface area contributed by atoms with Crippen LogP contribution >= 0.6 is 24.8 Å². The van der Waals surface area contributed by atoms with Gasteiger partial charge in [0, 0.05) is 5.56 Å². The highest BCUT2D eigenvalue weighted by molar-refractivity contribution is 5.85. The summed E-state index contributed by atoms with van der Waals surface area (Å²) in [6.07, 6.45) is 8.25. The minimum Gasteiger partial charge on any atom is -0.497 e. The summed E-state index contributed by atoms with van der Waals surface area (Å²) < 4.78 is 35.5. The highest BCUT2D eigenvalue weighted by Crippen LogP contribution is 2.35. The highest BCUT2D eigenvalue weighted by atomic mass is 35.5. The number of methoxy groups -OCH3 is 4. The summed E-state index contributed by atoms with van der Waals surface area (Å²) in [5, 5.41) is 7.08. The molecular formula is C34H49Cl2FN2O4. The monoisotopic (exact) mass is 638 g/mol. The van der Waals surface area contributed by atoms with Crippen LogP contribution in [0.3, 0.4) is 0 Å². The third kappa shape index (κ3) is 12.8. The second kappa shape index (κ2) is 21.9. The number of nitrogens with one attached hydrogen (secondary N) is 2. The van der Waals surface area contributed by atoms with Gasteiger partial charge < -0.3 is 29.6 Å². The molecule has 240 valence electrons. The predicted molar refractivity (Wildman–Crippen MR) is 179 cm³/mol. The first-order valence-corrected chi connectivity index (χ1v) is 14.7. The van der Waals surface area contributed by atoms with Gasteiger partial charge in [-0.1, -0.05) is 37.1 Å². The molecule has 0 radical (unpaired) electrons. The van der Waals surface area contributed by atoms with Crippen molar-refractivity contribution in [3.63, 3.8) is 0 Å². The van der Waals surface area contributed by atoms with Crippen LogP contribution in [-0.4, -0.2) is 54.6 Å². The average molecular weight is 640 g/mol. The van der Waals surface area contributed by atoms with Crippen LogP contribution in [0, 0.1) is 5.82 Å². The highest BCUT2D eigenvalue weighted by Gasteiger charge is 2.15. The molecule has 0 aliphatic rings. The van der Waals surface area contributed by atoms with Crippen LogP contribution in [-0.2, 0) is 25.7 Å². The van der Waals surface area contributed by atoms with E-state index in [4.69, 9.17) is 18.9 Å². The molecule has 0 amide bonds. The first-order chi connectivity index (χ1) is 20.1. The SMILES string of the molecule is COc1cccc(CCc2c(CCNCCCCCCNCCc3ccc(OC)c(F)c3)ccc(OC)c2OC)c1.Cl.Cl. The van der Waals surface area contributed by atoms with Crippen LogP contribution in [0.15, 0.2) is 54.6 Å². The maximum Gasteiger partial charge on any atom is 0.165 e. The van der Waals surface area contributed by atoms with E-state index < -0.39 is 0 Å². The van der Waals surface area contributed by atoms with Crippen molar-refractivity contribution in [1.29, 1.82) is 0 Å². The quantitative estimate of drug-likeness (QED) is 0.130. The van der Waals surface area contributed by atoms with Gasteiger partial charge in [0.15, 0.2) is 23.1 Å². The maximum absolute atomic E-state index is 13.8. The zero-order chi connectivity index (χ0) is 29.3. The number of hydrogen-bond acceptors (Lipinski definition) is 6. The topological polar surface area (TPSA) is 61.0 Å². The van der Waals surface area contributed by atoms with Gasteiger partial charge in [-0.15, -0.1) is 24.8 Å². The van der Waals surface area contributed by atoms with E-state index in [1.165, 1.54) is 43.1 Å². The minimum atomic E-state index is -0.299. The van der Waals surface area contributed by atoms with Gasteiger partial charge in [0.25, 0.3) is 0 Å². The molecule has 0 aromatic heterocycles. The Labute approximate surface area is 269 Å². The third-order valence-corrected chi connectivity index (χ3v) is 7.38. The lowest BCUT2D eigenvalue weighted by Gasteiger charge is -2.17. The predicted octanol–water partition coefficient (Wildman–Crippen LogP) is 7.01. The van der Waals surface area contributed by atoms with Crippen molar-refractivity contribution in [2.45, 2.75) is 51.4 Å². The summed E-state index contributed by atoms with van der Waals surface area (Å²) in [5.74, 6) is 2.48. The van der Waals surface area contributed by atoms with E-state index in [0.717, 1.165) is 81.1 Å². The smallest absolute Gasteiger partial charge is 0.165 e. The Morgan fingerprint density at radius 2 is 1.23 bits per heavy atom. The van der Waals surface area contributed by atoms with Gasteiger partial charge in [0.05, 0.1) is 28.4 Å². The Morgan fingerprint density at radius 3 is 1.86 bits per heavy atom. The van der Waals surface area contributed by atoms with Crippen molar-refractivity contribution >= 4 is 24.8 Å². The summed E-state index contributed by atoms with van der Waals surface area (Å²) >= 11 is 0. The van der Waals surface area contributed by atoms with Crippen LogP contribution in [0.2, 0.25) is 0 Å². The molecule has 0 aliphatic heterocycles. The number of rotatable bonds is 20. The number of halogens is 3. The van der Waals surface area contributed by atoms with Gasteiger partial charge in [-0.05, 0) is 112 Å². The third-order valence-electron chi connectivity index (χ3n) is 7.38. The average Bonchev–Trinajstić information content (AvgIpc) is 3.00. The van der Waals surface area contributed by atoms with Crippen molar-refractivity contribution in [2.75, 3.05) is 54.6 Å². The fourth-order valence-electron chi connectivity index (χ4n) is 5.06. The number of ether oxygens (including phenoxy) is 4. The van der Waals surface area contributed by atoms with Crippen molar-refractivity contribution in [3.8, 4) is 23.0 Å². The zero-order valence-electron chi connectivity index (χ0n) is 26.0. The number of unbranched alkanes of at least 4 members (excludes halogenated alkanes) is 3. The largest absolute Gasteiger partial charge is 0.497 e. The summed E-state index contributed by atoms with van der Waals surface area (Å²) in [4.78, 5) is 0. The fraction of sp³-hybridized carbons (Fsp3) is 0.471. The van der Waals surface area contributed by atoms with E-state index in [1.807, 2.05) is 24.3 Å². The van der Waals surface area contributed by atoms with E-state index in [0.29, 0.717) is 5.75 Å². The first-order valence-electron chi connectivity index (χ1n) is 14.7. The summed E-state index contributed by atoms with van der Waals surface area (Å²) in [7, 11) is 6.58. The molecule has 3 aromatic rings. The van der Waals surface area contributed by atoms with E-state index in [-0.39, 0.29) is 30.6 Å². The lowest BCUT2D eigenvalue weighted by atomic mass is 9.96. The van der Waals surface area contributed by atoms with Crippen molar-refractivity contribution in [3.05, 3.63) is 82.7 Å². The van der Waals surface area contributed by atoms with Crippen molar-refractivity contribution in [2.24, 2.45) is 0 Å². The molecule has 0 aliphatic carbocycles. The van der Waals surface area contributed by atoms with Gasteiger partial charge in [-0.3, -0.25) is 0 Å². The molecule has 9 heteroatoms. The molecule has 0 fully saturated rings. The second-order valence-electron chi connectivity index (χ2n) is 10.2. The van der Waals surface area contributed by atoms with Gasteiger partial charge in [0.1, 0.15) is 5.75 Å². The van der Waals surface area contributed by atoms with Gasteiger partial charge in [0.2, 0.25) is 0 Å². The minimum absolute atomic E-state index is 0.